The molecule has 6 heteroatoms. The molecule has 0 spiro atoms. The quantitative estimate of drug-likeness (QED) is 0.876. The summed E-state index contributed by atoms with van der Waals surface area (Å²) in [6.07, 6.45) is 0. The predicted octanol–water partition coefficient (Wildman–Crippen LogP) is 2.52. The highest BCUT2D eigenvalue weighted by molar-refractivity contribution is 6.42. The Balaban J connectivity index is 2.40. The molecule has 0 heterocycles. The summed E-state index contributed by atoms with van der Waals surface area (Å²) >= 11 is 11.6. The maximum atomic E-state index is 11.5. The maximum absolute atomic E-state index is 11.5. The Hall–Kier alpha value is -0.970. The van der Waals surface area contributed by atoms with Gasteiger partial charge in [-0.1, -0.05) is 23.2 Å². The summed E-state index contributed by atoms with van der Waals surface area (Å²) in [5, 5.41) is 3.57. The second kappa shape index (κ2) is 7.46. The summed E-state index contributed by atoms with van der Waals surface area (Å²) < 4.78 is 10.2. The van der Waals surface area contributed by atoms with Crippen LogP contribution < -0.4 is 10.1 Å². The van der Waals surface area contributed by atoms with E-state index < -0.39 is 0 Å². The molecule has 18 heavy (non-hydrogen) atoms. The first-order chi connectivity index (χ1) is 8.52. The molecule has 0 saturated carbocycles. The van der Waals surface area contributed by atoms with Crippen molar-refractivity contribution < 1.29 is 14.3 Å². The zero-order valence-corrected chi connectivity index (χ0v) is 11.7. The molecule has 0 fully saturated rings. The van der Waals surface area contributed by atoms with Crippen molar-refractivity contribution in [3.8, 4) is 5.75 Å². The van der Waals surface area contributed by atoms with Crippen molar-refractivity contribution in [2.75, 3.05) is 20.3 Å². The molecule has 4 nitrogen and oxygen atoms in total. The summed E-state index contributed by atoms with van der Waals surface area (Å²) in [6, 6.07) is 4.78. The molecule has 100 valence electrons. The van der Waals surface area contributed by atoms with E-state index in [1.165, 1.54) is 0 Å². The van der Waals surface area contributed by atoms with E-state index in [9.17, 15) is 4.79 Å². The summed E-state index contributed by atoms with van der Waals surface area (Å²) in [5.74, 6) is 0.282. The molecule has 1 aromatic carbocycles. The molecule has 1 rings (SSSR count). The van der Waals surface area contributed by atoms with Crippen LogP contribution in [0.25, 0.3) is 0 Å². The first-order valence-electron chi connectivity index (χ1n) is 5.39. The van der Waals surface area contributed by atoms with Crippen molar-refractivity contribution in [1.29, 1.82) is 0 Å². The van der Waals surface area contributed by atoms with Gasteiger partial charge in [0.25, 0.3) is 5.91 Å². The van der Waals surface area contributed by atoms with Gasteiger partial charge in [0.1, 0.15) is 5.75 Å². The molecule has 0 aliphatic rings. The van der Waals surface area contributed by atoms with E-state index in [2.05, 4.69) is 5.32 Å². The third-order valence-electron chi connectivity index (χ3n) is 2.09. The van der Waals surface area contributed by atoms with Crippen LogP contribution in [0.1, 0.15) is 6.92 Å². The minimum atomic E-state index is -0.217. The number of methoxy groups -OCH3 is 1. The lowest BCUT2D eigenvalue weighted by atomic mass is 10.3. The molecule has 1 amide bonds. The fourth-order valence-corrected chi connectivity index (χ4v) is 1.61. The number of hydrogen-bond acceptors (Lipinski definition) is 3. The smallest absolute Gasteiger partial charge is 0.258 e. The van der Waals surface area contributed by atoms with E-state index in [-0.39, 0.29) is 18.6 Å². The van der Waals surface area contributed by atoms with Crippen LogP contribution in [-0.2, 0) is 9.53 Å². The molecule has 1 N–H and O–H groups in total. The Bertz CT molecular complexity index is 412. The van der Waals surface area contributed by atoms with Gasteiger partial charge in [-0.15, -0.1) is 0 Å². The molecule has 0 unspecified atom stereocenters. The van der Waals surface area contributed by atoms with Crippen molar-refractivity contribution in [3.05, 3.63) is 28.2 Å². The minimum Gasteiger partial charge on any atom is -0.484 e. The van der Waals surface area contributed by atoms with Gasteiger partial charge in [-0.3, -0.25) is 4.79 Å². The average molecular weight is 292 g/mol. The topological polar surface area (TPSA) is 47.6 Å². The van der Waals surface area contributed by atoms with Gasteiger partial charge < -0.3 is 14.8 Å². The normalized spacial score (nSPS) is 12.0. The fraction of sp³-hybridized carbons (Fsp3) is 0.417. The summed E-state index contributed by atoms with van der Waals surface area (Å²) in [5.41, 5.74) is 0. The lowest BCUT2D eigenvalue weighted by Gasteiger charge is -2.13. The van der Waals surface area contributed by atoms with Crippen LogP contribution in [0.3, 0.4) is 0 Å². The second-order valence-corrected chi connectivity index (χ2v) is 4.60. The number of amides is 1. The van der Waals surface area contributed by atoms with Crippen molar-refractivity contribution >= 4 is 29.1 Å². The van der Waals surface area contributed by atoms with Crippen LogP contribution in [-0.4, -0.2) is 32.3 Å². The van der Waals surface area contributed by atoms with E-state index in [0.717, 1.165) is 0 Å². The fourth-order valence-electron chi connectivity index (χ4n) is 1.32. The number of benzene rings is 1. The van der Waals surface area contributed by atoms with Gasteiger partial charge in [0.05, 0.1) is 16.7 Å². The largest absolute Gasteiger partial charge is 0.484 e. The molecule has 0 bridgehead atoms. The Labute approximate surface area is 116 Å². The van der Waals surface area contributed by atoms with Crippen molar-refractivity contribution in [1.82, 2.24) is 5.32 Å². The first-order valence-corrected chi connectivity index (χ1v) is 6.14. The Kier molecular flexibility index (Phi) is 6.25. The third-order valence-corrected chi connectivity index (χ3v) is 2.82. The molecule has 0 aliphatic carbocycles. The van der Waals surface area contributed by atoms with Gasteiger partial charge in [0.2, 0.25) is 0 Å². The van der Waals surface area contributed by atoms with E-state index in [4.69, 9.17) is 32.7 Å². The lowest BCUT2D eigenvalue weighted by molar-refractivity contribution is -0.124. The predicted molar refractivity (Wildman–Crippen MR) is 71.4 cm³/mol. The number of halogens is 2. The van der Waals surface area contributed by atoms with Gasteiger partial charge >= 0.3 is 0 Å². The summed E-state index contributed by atoms with van der Waals surface area (Å²) in [4.78, 5) is 11.5. The maximum Gasteiger partial charge on any atom is 0.258 e. The Morgan fingerprint density at radius 2 is 2.11 bits per heavy atom. The molecular weight excluding hydrogens is 277 g/mol. The molecule has 1 atom stereocenters. The number of nitrogens with one attached hydrogen (secondary N) is 1. The van der Waals surface area contributed by atoms with Gasteiger partial charge in [-0.25, -0.2) is 0 Å². The molecule has 0 radical (unpaired) electrons. The average Bonchev–Trinajstić information content (AvgIpc) is 2.31. The number of rotatable bonds is 6. The lowest BCUT2D eigenvalue weighted by Crippen LogP contribution is -2.38. The summed E-state index contributed by atoms with van der Waals surface area (Å²) in [6.45, 7) is 2.23. The molecule has 0 aliphatic heterocycles. The van der Waals surface area contributed by atoms with E-state index in [0.29, 0.717) is 22.4 Å². The van der Waals surface area contributed by atoms with Crippen LogP contribution in [0.5, 0.6) is 5.75 Å². The van der Waals surface area contributed by atoms with E-state index in [1.54, 1.807) is 25.3 Å². The van der Waals surface area contributed by atoms with Crippen molar-refractivity contribution in [2.45, 2.75) is 13.0 Å². The Morgan fingerprint density at radius 1 is 1.39 bits per heavy atom. The zero-order valence-electron chi connectivity index (χ0n) is 10.2. The first kappa shape index (κ1) is 15.1. The number of carbonyl (C=O) groups excluding carboxylic acids is 1. The zero-order chi connectivity index (χ0) is 13.5. The highest BCUT2D eigenvalue weighted by Gasteiger charge is 2.08. The van der Waals surface area contributed by atoms with Crippen LogP contribution >= 0.6 is 23.2 Å². The van der Waals surface area contributed by atoms with Gasteiger partial charge in [0, 0.05) is 19.2 Å². The molecule has 0 saturated heterocycles. The van der Waals surface area contributed by atoms with Gasteiger partial charge in [-0.2, -0.15) is 0 Å². The molecule has 0 aromatic heterocycles. The van der Waals surface area contributed by atoms with Crippen LogP contribution in [0.2, 0.25) is 10.0 Å². The van der Waals surface area contributed by atoms with Crippen molar-refractivity contribution in [2.24, 2.45) is 0 Å². The van der Waals surface area contributed by atoms with Crippen molar-refractivity contribution in [3.63, 3.8) is 0 Å². The third kappa shape index (κ3) is 5.12. The molecular formula is C12H15Cl2NO3. The SMILES string of the molecule is COC[C@@H](C)NC(=O)COc1ccc(Cl)c(Cl)c1. The minimum absolute atomic E-state index is 0.0556. The standard InChI is InChI=1S/C12H15Cl2NO3/c1-8(6-17-2)15-12(16)7-18-9-3-4-10(13)11(14)5-9/h3-5,8H,6-7H2,1-2H3,(H,15,16)/t8-/m1/s1. The highest BCUT2D eigenvalue weighted by Crippen LogP contribution is 2.26. The van der Waals surface area contributed by atoms with Crippen LogP contribution in [0.15, 0.2) is 18.2 Å². The van der Waals surface area contributed by atoms with Gasteiger partial charge in [0.15, 0.2) is 6.61 Å². The van der Waals surface area contributed by atoms with Gasteiger partial charge in [-0.05, 0) is 19.1 Å². The second-order valence-electron chi connectivity index (χ2n) is 3.79. The monoisotopic (exact) mass is 291 g/mol. The van der Waals surface area contributed by atoms with Crippen LogP contribution in [0.4, 0.5) is 0 Å². The highest BCUT2D eigenvalue weighted by atomic mass is 35.5. The molecule has 1 aromatic rings. The number of carbonyl (C=O) groups is 1. The number of ether oxygens (including phenoxy) is 2. The van der Waals surface area contributed by atoms with E-state index in [1.807, 2.05) is 6.92 Å². The van der Waals surface area contributed by atoms with E-state index >= 15 is 0 Å². The Morgan fingerprint density at radius 3 is 2.72 bits per heavy atom. The van der Waals surface area contributed by atoms with Crippen LogP contribution in [0, 0.1) is 0 Å². The number of hydrogen-bond donors (Lipinski definition) is 1. The summed E-state index contributed by atoms with van der Waals surface area (Å²) in [7, 11) is 1.58.